The molecule has 6 heteroatoms. The van der Waals surface area contributed by atoms with E-state index in [-0.39, 0.29) is 18.5 Å². The summed E-state index contributed by atoms with van der Waals surface area (Å²) in [5, 5.41) is 23.2. The minimum Gasteiger partial charge on any atom is -0.466 e. The summed E-state index contributed by atoms with van der Waals surface area (Å²) in [4.78, 5) is 24.5. The molecule has 2 atom stereocenters. The Morgan fingerprint density at radius 1 is 0.342 bits per heavy atom. The number of hydrogen-bond acceptors (Lipinski definition) is 5. The molecule has 0 heterocycles. The van der Waals surface area contributed by atoms with Gasteiger partial charge in [-0.1, -0.05) is 333 Å². The number of hydrogen-bond donors (Lipinski definition) is 3. The van der Waals surface area contributed by atoms with Crippen LogP contribution in [0.15, 0.2) is 36.5 Å². The third kappa shape index (κ3) is 65.1. The van der Waals surface area contributed by atoms with E-state index in [1.807, 2.05) is 6.08 Å². The molecular weight excluding hydrogens is 971 g/mol. The van der Waals surface area contributed by atoms with Crippen LogP contribution in [0.1, 0.15) is 393 Å². The van der Waals surface area contributed by atoms with Gasteiger partial charge in [0.05, 0.1) is 25.4 Å². The predicted molar refractivity (Wildman–Crippen MR) is 347 cm³/mol. The fourth-order valence-corrected chi connectivity index (χ4v) is 11.2. The van der Waals surface area contributed by atoms with Crippen LogP contribution in [0.5, 0.6) is 0 Å². The largest absolute Gasteiger partial charge is 0.466 e. The molecule has 0 rings (SSSR count). The van der Waals surface area contributed by atoms with Crippen molar-refractivity contribution in [3.05, 3.63) is 36.5 Å². The van der Waals surface area contributed by atoms with E-state index in [0.717, 1.165) is 44.9 Å². The van der Waals surface area contributed by atoms with Gasteiger partial charge in [0, 0.05) is 12.8 Å². The molecule has 0 aliphatic rings. The van der Waals surface area contributed by atoms with Crippen LogP contribution in [0.3, 0.4) is 0 Å². The maximum atomic E-state index is 12.5. The third-order valence-electron chi connectivity index (χ3n) is 16.6. The standard InChI is InChI=1S/C73H139NO5/c1-3-5-7-9-11-13-15-17-39-42-45-49-53-57-61-65-71(76)70(69-75)74-72(77)66-62-58-54-50-46-43-40-37-35-33-31-29-27-25-23-21-19-18-20-22-24-26-28-30-32-34-36-38-41-44-48-52-56-60-64-68-79-73(78)67-63-59-55-51-47-16-14-12-10-8-6-4-2/h12,14,20,22,61,65,70-71,75-76H,3-11,13,15-19,21,23-60,62-64,66-69H2,1-2H3,(H,74,77)/b14-12-,22-20-,65-61+. The first-order valence-corrected chi connectivity index (χ1v) is 35.8. The monoisotopic (exact) mass is 1110 g/mol. The minimum atomic E-state index is -0.842. The average Bonchev–Trinajstić information content (AvgIpc) is 3.45. The van der Waals surface area contributed by atoms with Crippen LogP contribution in [0, 0.1) is 0 Å². The Morgan fingerprint density at radius 3 is 0.924 bits per heavy atom. The van der Waals surface area contributed by atoms with E-state index in [1.54, 1.807) is 6.08 Å². The molecule has 0 aromatic rings. The van der Waals surface area contributed by atoms with Crippen molar-refractivity contribution in [3.8, 4) is 0 Å². The maximum Gasteiger partial charge on any atom is 0.305 e. The van der Waals surface area contributed by atoms with Gasteiger partial charge in [-0.15, -0.1) is 0 Å². The summed E-state index contributed by atoms with van der Waals surface area (Å²) >= 11 is 0. The summed E-state index contributed by atoms with van der Waals surface area (Å²) in [5.41, 5.74) is 0. The van der Waals surface area contributed by atoms with Gasteiger partial charge in [0.1, 0.15) is 0 Å². The molecule has 0 spiro atoms. The van der Waals surface area contributed by atoms with Gasteiger partial charge in [-0.2, -0.15) is 0 Å². The number of carbonyl (C=O) groups excluding carboxylic acids is 2. The van der Waals surface area contributed by atoms with Crippen LogP contribution in [0.4, 0.5) is 0 Å². The van der Waals surface area contributed by atoms with E-state index < -0.39 is 12.1 Å². The molecule has 0 bridgehead atoms. The molecule has 0 saturated carbocycles. The number of aliphatic hydroxyl groups excluding tert-OH is 2. The smallest absolute Gasteiger partial charge is 0.305 e. The molecule has 2 unspecified atom stereocenters. The van der Waals surface area contributed by atoms with E-state index in [0.29, 0.717) is 19.4 Å². The van der Waals surface area contributed by atoms with Crippen LogP contribution in [0.2, 0.25) is 0 Å². The molecule has 79 heavy (non-hydrogen) atoms. The Kier molecular flexibility index (Phi) is 66.9. The number of unbranched alkanes of at least 4 members (excludes halogenated alkanes) is 52. The highest BCUT2D eigenvalue weighted by molar-refractivity contribution is 5.76. The van der Waals surface area contributed by atoms with Crippen molar-refractivity contribution in [3.63, 3.8) is 0 Å². The van der Waals surface area contributed by atoms with Gasteiger partial charge in [-0.25, -0.2) is 0 Å². The van der Waals surface area contributed by atoms with Gasteiger partial charge in [-0.3, -0.25) is 9.59 Å². The molecule has 1 amide bonds. The number of aliphatic hydroxyl groups is 2. The normalized spacial score (nSPS) is 12.7. The maximum absolute atomic E-state index is 12.5. The summed E-state index contributed by atoms with van der Waals surface area (Å²) in [5.74, 6) is -0.0521. The Labute approximate surface area is 494 Å². The Balaban J connectivity index is 3.35. The molecule has 0 aliphatic carbocycles. The molecule has 6 nitrogen and oxygen atoms in total. The van der Waals surface area contributed by atoms with Crippen LogP contribution in [-0.4, -0.2) is 47.4 Å². The topological polar surface area (TPSA) is 95.9 Å². The van der Waals surface area contributed by atoms with Gasteiger partial charge in [0.25, 0.3) is 0 Å². The first-order chi connectivity index (χ1) is 39.0. The van der Waals surface area contributed by atoms with Gasteiger partial charge in [-0.05, 0) is 83.5 Å². The van der Waals surface area contributed by atoms with Crippen molar-refractivity contribution < 1.29 is 24.5 Å². The number of esters is 1. The second-order valence-electron chi connectivity index (χ2n) is 24.6. The number of rotatable bonds is 67. The number of allylic oxidation sites excluding steroid dienone is 5. The van der Waals surface area contributed by atoms with Crippen LogP contribution in [-0.2, 0) is 14.3 Å². The van der Waals surface area contributed by atoms with Crippen LogP contribution < -0.4 is 5.32 Å². The Morgan fingerprint density at radius 2 is 0.595 bits per heavy atom. The molecule has 0 aliphatic heterocycles. The second-order valence-corrected chi connectivity index (χ2v) is 24.6. The van der Waals surface area contributed by atoms with E-state index in [2.05, 4.69) is 43.5 Å². The number of nitrogens with one attached hydrogen (secondary N) is 1. The Bertz CT molecular complexity index is 1280. The number of amides is 1. The van der Waals surface area contributed by atoms with Crippen LogP contribution >= 0.6 is 0 Å². The highest BCUT2D eigenvalue weighted by Crippen LogP contribution is 2.18. The lowest BCUT2D eigenvalue weighted by Crippen LogP contribution is -2.45. The highest BCUT2D eigenvalue weighted by Gasteiger charge is 2.18. The fraction of sp³-hybridized carbons (Fsp3) is 0.890. The summed E-state index contributed by atoms with van der Waals surface area (Å²) in [6, 6.07) is -0.625. The zero-order chi connectivity index (χ0) is 57.1. The van der Waals surface area contributed by atoms with E-state index in [4.69, 9.17) is 4.74 Å². The molecule has 0 aromatic carbocycles. The van der Waals surface area contributed by atoms with E-state index in [9.17, 15) is 19.8 Å². The average molecular weight is 1110 g/mol. The third-order valence-corrected chi connectivity index (χ3v) is 16.6. The second kappa shape index (κ2) is 68.6. The zero-order valence-corrected chi connectivity index (χ0v) is 53.4. The molecule has 0 saturated heterocycles. The van der Waals surface area contributed by atoms with Gasteiger partial charge < -0.3 is 20.3 Å². The van der Waals surface area contributed by atoms with Crippen molar-refractivity contribution >= 4 is 11.9 Å². The first kappa shape index (κ1) is 77.1. The molecule has 466 valence electrons. The Hall–Kier alpha value is -1.92. The quantitative estimate of drug-likeness (QED) is 0.0320. The molecule has 0 aromatic heterocycles. The highest BCUT2D eigenvalue weighted by atomic mass is 16.5. The number of carbonyl (C=O) groups is 2. The van der Waals surface area contributed by atoms with Crippen molar-refractivity contribution in [2.75, 3.05) is 13.2 Å². The van der Waals surface area contributed by atoms with Gasteiger partial charge in [0.15, 0.2) is 0 Å². The summed E-state index contributed by atoms with van der Waals surface area (Å²) in [6.45, 7) is 4.91. The molecular formula is C73H139NO5. The molecule has 0 radical (unpaired) electrons. The lowest BCUT2D eigenvalue weighted by atomic mass is 10.0. The van der Waals surface area contributed by atoms with E-state index >= 15 is 0 Å². The van der Waals surface area contributed by atoms with Crippen molar-refractivity contribution in [2.45, 2.75) is 405 Å². The van der Waals surface area contributed by atoms with Crippen molar-refractivity contribution in [1.29, 1.82) is 0 Å². The SMILES string of the molecule is CCCCC/C=C\CCCCCCCC(=O)OCCCCCCCCCCCCCCCC/C=C\CCCCCCCCCCCCCCCCCCCC(=O)NC(CO)C(O)/C=C/CCCCCCCCCCCCCCC. The molecule has 0 fully saturated rings. The summed E-state index contributed by atoms with van der Waals surface area (Å²) in [7, 11) is 0. The summed E-state index contributed by atoms with van der Waals surface area (Å²) in [6.07, 6.45) is 88.1. The van der Waals surface area contributed by atoms with Gasteiger partial charge >= 0.3 is 5.97 Å². The fourth-order valence-electron chi connectivity index (χ4n) is 11.2. The summed E-state index contributed by atoms with van der Waals surface area (Å²) < 4.78 is 5.48. The predicted octanol–water partition coefficient (Wildman–Crippen LogP) is 23.1. The van der Waals surface area contributed by atoms with E-state index in [1.165, 1.54) is 321 Å². The minimum absolute atomic E-state index is 0.0101. The van der Waals surface area contributed by atoms with Gasteiger partial charge in [0.2, 0.25) is 5.91 Å². The van der Waals surface area contributed by atoms with Crippen molar-refractivity contribution in [2.24, 2.45) is 0 Å². The number of ether oxygens (including phenoxy) is 1. The van der Waals surface area contributed by atoms with Crippen LogP contribution in [0.25, 0.3) is 0 Å². The zero-order valence-electron chi connectivity index (χ0n) is 53.4. The first-order valence-electron chi connectivity index (χ1n) is 35.8. The lowest BCUT2D eigenvalue weighted by molar-refractivity contribution is -0.143. The van der Waals surface area contributed by atoms with Crippen molar-refractivity contribution in [1.82, 2.24) is 5.32 Å². The molecule has 3 N–H and O–H groups in total. The lowest BCUT2D eigenvalue weighted by Gasteiger charge is -2.20.